The molecule has 0 amide bonds. The maximum absolute atomic E-state index is 9.49. The van der Waals surface area contributed by atoms with E-state index in [1.165, 1.54) is 0 Å². The maximum Gasteiger partial charge on any atom is 0.298 e. The molecule has 0 N–H and O–H groups in total. The lowest BCUT2D eigenvalue weighted by Crippen LogP contribution is -2.47. The first-order valence-electron chi connectivity index (χ1n) is 8.27. The monoisotopic (exact) mass is 334 g/mol. The second kappa shape index (κ2) is 6.06. The van der Waals surface area contributed by atoms with E-state index in [0.717, 1.165) is 48.5 Å². The molecule has 0 aliphatic carbocycles. The largest absolute Gasteiger partial charge is 0.423 e. The molecule has 7 nitrogen and oxygen atoms in total. The Morgan fingerprint density at radius 3 is 2.48 bits per heavy atom. The second-order valence-corrected chi connectivity index (χ2v) is 6.16. The van der Waals surface area contributed by atoms with Gasteiger partial charge in [0.2, 0.25) is 0 Å². The number of hydrogen-bond donors (Lipinski definition) is 0. The van der Waals surface area contributed by atoms with Crippen LogP contribution in [0.5, 0.6) is 0 Å². The highest BCUT2D eigenvalue weighted by molar-refractivity contribution is 5.74. The molecule has 1 aliphatic rings. The van der Waals surface area contributed by atoms with Crippen LogP contribution < -0.4 is 9.80 Å². The van der Waals surface area contributed by atoms with Gasteiger partial charge in [0.05, 0.1) is 5.69 Å². The number of aryl methyl sites for hydroxylation is 1. The zero-order chi connectivity index (χ0) is 17.4. The lowest BCUT2D eigenvalue weighted by molar-refractivity contribution is 0.539. The van der Waals surface area contributed by atoms with Crippen LogP contribution in [-0.2, 0) is 0 Å². The molecule has 126 valence electrons. The van der Waals surface area contributed by atoms with Gasteiger partial charge in [-0.3, -0.25) is 0 Å². The van der Waals surface area contributed by atoms with Gasteiger partial charge in [0.25, 0.3) is 6.01 Å². The Hall–Kier alpha value is -3.14. The first-order valence-corrected chi connectivity index (χ1v) is 8.27. The molecule has 0 saturated carbocycles. The van der Waals surface area contributed by atoms with Crippen molar-refractivity contribution in [3.63, 3.8) is 0 Å². The van der Waals surface area contributed by atoms with Gasteiger partial charge in [0.1, 0.15) is 17.1 Å². The lowest BCUT2D eigenvalue weighted by Gasteiger charge is -2.34. The van der Waals surface area contributed by atoms with Gasteiger partial charge in [-0.1, -0.05) is 12.1 Å². The van der Waals surface area contributed by atoms with E-state index in [9.17, 15) is 5.26 Å². The number of fused-ring (bicyclic) bond motifs is 1. The number of rotatable bonds is 2. The van der Waals surface area contributed by atoms with Crippen LogP contribution in [0.2, 0.25) is 0 Å². The molecule has 0 spiro atoms. The Bertz CT molecular complexity index is 932. The van der Waals surface area contributed by atoms with Crippen molar-refractivity contribution < 1.29 is 4.42 Å². The standard InChI is InChI=1S/C18H18N6O/c1-12-13(2)21-22-17(14(12)11-19)23-7-9-24(10-8-23)18-20-15-5-3-4-6-16(15)25-18/h3-6H,7-10H2,1-2H3. The fourth-order valence-electron chi connectivity index (χ4n) is 3.06. The molecule has 1 fully saturated rings. The average molecular weight is 334 g/mol. The summed E-state index contributed by atoms with van der Waals surface area (Å²) in [6.45, 7) is 6.78. The second-order valence-electron chi connectivity index (χ2n) is 6.16. The minimum absolute atomic E-state index is 0.614. The van der Waals surface area contributed by atoms with Crippen molar-refractivity contribution in [3.8, 4) is 6.07 Å². The van der Waals surface area contributed by atoms with E-state index in [0.29, 0.717) is 17.4 Å². The first kappa shape index (κ1) is 15.4. The molecule has 4 rings (SSSR count). The molecule has 0 radical (unpaired) electrons. The van der Waals surface area contributed by atoms with Gasteiger partial charge in [0, 0.05) is 26.2 Å². The molecule has 1 aliphatic heterocycles. The number of nitrogens with zero attached hydrogens (tertiary/aromatic N) is 6. The van der Waals surface area contributed by atoms with Crippen LogP contribution in [0.3, 0.4) is 0 Å². The Morgan fingerprint density at radius 2 is 1.76 bits per heavy atom. The average Bonchev–Trinajstić information content (AvgIpc) is 3.08. The molecule has 0 atom stereocenters. The van der Waals surface area contributed by atoms with Crippen LogP contribution in [0.4, 0.5) is 11.8 Å². The van der Waals surface area contributed by atoms with Gasteiger partial charge in [-0.2, -0.15) is 15.3 Å². The summed E-state index contributed by atoms with van der Waals surface area (Å²) < 4.78 is 5.84. The van der Waals surface area contributed by atoms with Crippen LogP contribution in [-0.4, -0.2) is 41.4 Å². The summed E-state index contributed by atoms with van der Waals surface area (Å²) in [7, 11) is 0. The third kappa shape index (κ3) is 2.66. The number of anilines is 2. The quantitative estimate of drug-likeness (QED) is 0.712. The molecule has 25 heavy (non-hydrogen) atoms. The van der Waals surface area contributed by atoms with Gasteiger partial charge in [0.15, 0.2) is 11.4 Å². The molecule has 1 aromatic carbocycles. The van der Waals surface area contributed by atoms with Crippen LogP contribution in [0.1, 0.15) is 16.8 Å². The normalized spacial score (nSPS) is 14.8. The summed E-state index contributed by atoms with van der Waals surface area (Å²) in [5, 5.41) is 17.9. The third-order valence-corrected chi connectivity index (χ3v) is 4.68. The highest BCUT2D eigenvalue weighted by atomic mass is 16.4. The predicted octanol–water partition coefficient (Wildman–Crippen LogP) is 2.43. The van der Waals surface area contributed by atoms with E-state index >= 15 is 0 Å². The summed E-state index contributed by atoms with van der Waals surface area (Å²) in [5.41, 5.74) is 3.97. The van der Waals surface area contributed by atoms with E-state index < -0.39 is 0 Å². The van der Waals surface area contributed by atoms with Gasteiger partial charge >= 0.3 is 0 Å². The van der Waals surface area contributed by atoms with Gasteiger partial charge < -0.3 is 14.2 Å². The van der Waals surface area contributed by atoms with Gasteiger partial charge in [-0.05, 0) is 31.5 Å². The zero-order valence-corrected chi connectivity index (χ0v) is 14.2. The fraction of sp³-hybridized carbons (Fsp3) is 0.333. The summed E-state index contributed by atoms with van der Waals surface area (Å²) in [5.74, 6) is 0.669. The van der Waals surface area contributed by atoms with Crippen molar-refractivity contribution in [2.75, 3.05) is 36.0 Å². The smallest absolute Gasteiger partial charge is 0.298 e. The van der Waals surface area contributed by atoms with Crippen LogP contribution >= 0.6 is 0 Å². The summed E-state index contributed by atoms with van der Waals surface area (Å²) in [4.78, 5) is 8.78. The van der Waals surface area contributed by atoms with E-state index in [-0.39, 0.29) is 0 Å². The van der Waals surface area contributed by atoms with Crippen molar-refractivity contribution in [1.29, 1.82) is 5.26 Å². The Labute approximate surface area is 145 Å². The minimum Gasteiger partial charge on any atom is -0.423 e. The first-order chi connectivity index (χ1) is 12.2. The molecular weight excluding hydrogens is 316 g/mol. The number of benzene rings is 1. The number of piperazine rings is 1. The molecule has 3 heterocycles. The van der Waals surface area contributed by atoms with Crippen molar-refractivity contribution in [3.05, 3.63) is 41.1 Å². The van der Waals surface area contributed by atoms with Gasteiger partial charge in [-0.15, -0.1) is 5.10 Å². The minimum atomic E-state index is 0.614. The Morgan fingerprint density at radius 1 is 1.04 bits per heavy atom. The maximum atomic E-state index is 9.49. The molecule has 7 heteroatoms. The summed E-state index contributed by atoms with van der Waals surface area (Å²) in [6, 6.07) is 10.7. The van der Waals surface area contributed by atoms with Crippen molar-refractivity contribution >= 4 is 22.9 Å². The van der Waals surface area contributed by atoms with E-state index in [2.05, 4.69) is 31.1 Å². The SMILES string of the molecule is Cc1nnc(N2CCN(c3nc4ccccc4o3)CC2)c(C#N)c1C. The van der Waals surface area contributed by atoms with Crippen molar-refractivity contribution in [2.45, 2.75) is 13.8 Å². The Kier molecular flexibility index (Phi) is 3.73. The fourth-order valence-corrected chi connectivity index (χ4v) is 3.06. The third-order valence-electron chi connectivity index (χ3n) is 4.68. The summed E-state index contributed by atoms with van der Waals surface area (Å²) >= 11 is 0. The number of hydrogen-bond acceptors (Lipinski definition) is 7. The predicted molar refractivity (Wildman–Crippen MR) is 94.7 cm³/mol. The lowest BCUT2D eigenvalue weighted by atomic mass is 10.1. The highest BCUT2D eigenvalue weighted by Crippen LogP contribution is 2.25. The topological polar surface area (TPSA) is 82.1 Å². The highest BCUT2D eigenvalue weighted by Gasteiger charge is 2.24. The van der Waals surface area contributed by atoms with Crippen molar-refractivity contribution in [2.24, 2.45) is 0 Å². The number of oxazole rings is 1. The van der Waals surface area contributed by atoms with Crippen LogP contribution in [0, 0.1) is 25.2 Å². The van der Waals surface area contributed by atoms with E-state index in [4.69, 9.17) is 4.42 Å². The zero-order valence-electron chi connectivity index (χ0n) is 14.2. The van der Waals surface area contributed by atoms with Crippen LogP contribution in [0.25, 0.3) is 11.1 Å². The molecular formula is C18H18N6O. The molecule has 0 bridgehead atoms. The molecule has 0 unspecified atom stereocenters. The molecule has 2 aromatic heterocycles. The Balaban J connectivity index is 1.54. The number of nitriles is 1. The van der Waals surface area contributed by atoms with Crippen LogP contribution in [0.15, 0.2) is 28.7 Å². The summed E-state index contributed by atoms with van der Waals surface area (Å²) in [6.07, 6.45) is 0. The molecule has 1 saturated heterocycles. The van der Waals surface area contributed by atoms with E-state index in [1.807, 2.05) is 38.1 Å². The van der Waals surface area contributed by atoms with Crippen molar-refractivity contribution in [1.82, 2.24) is 15.2 Å². The number of aromatic nitrogens is 3. The number of para-hydroxylation sites is 2. The van der Waals surface area contributed by atoms with E-state index in [1.54, 1.807) is 0 Å². The van der Waals surface area contributed by atoms with Gasteiger partial charge in [-0.25, -0.2) is 0 Å². The molecule has 3 aromatic rings.